The Morgan fingerprint density at radius 1 is 1.58 bits per heavy atom. The number of hydrogen-bond donors (Lipinski definition) is 2. The third-order valence-corrected chi connectivity index (χ3v) is 2.91. The Kier molecular flexibility index (Phi) is 5.14. The average molecular weight is 286 g/mol. The molecule has 0 saturated carbocycles. The summed E-state index contributed by atoms with van der Waals surface area (Å²) in [6.45, 7) is 7.77. The molecule has 0 aliphatic carbocycles. The molecule has 2 N–H and O–H groups in total. The van der Waals surface area contributed by atoms with Crippen molar-refractivity contribution in [3.8, 4) is 0 Å². The Morgan fingerprint density at radius 2 is 2.21 bits per heavy atom. The predicted octanol–water partition coefficient (Wildman–Crippen LogP) is 2.67. The summed E-state index contributed by atoms with van der Waals surface area (Å²) in [5.41, 5.74) is 0.452. The maximum absolute atomic E-state index is 12.1. The number of likely N-dealkylation sites (N-methyl/N-ethyl adjacent to an activating group) is 1. The van der Waals surface area contributed by atoms with Crippen LogP contribution < -0.4 is 5.32 Å². The van der Waals surface area contributed by atoms with Crippen molar-refractivity contribution >= 4 is 23.3 Å². The number of halogens is 1. The van der Waals surface area contributed by atoms with Gasteiger partial charge in [-0.3, -0.25) is 0 Å². The summed E-state index contributed by atoms with van der Waals surface area (Å²) in [7, 11) is 0. The molecule has 1 aromatic heterocycles. The molecule has 0 saturated heterocycles. The van der Waals surface area contributed by atoms with Gasteiger partial charge >= 0.3 is 6.03 Å². The summed E-state index contributed by atoms with van der Waals surface area (Å²) in [5.74, 6) is 0. The van der Waals surface area contributed by atoms with E-state index in [1.807, 2.05) is 13.8 Å². The quantitative estimate of drug-likeness (QED) is 0.836. The molecule has 5 nitrogen and oxygen atoms in total. The maximum atomic E-state index is 12.1. The molecule has 2 amide bonds. The Labute approximate surface area is 118 Å². The second-order valence-electron chi connectivity index (χ2n) is 5.09. The van der Waals surface area contributed by atoms with Crippen molar-refractivity contribution in [2.24, 2.45) is 0 Å². The molecule has 0 aliphatic heterocycles. The normalized spacial score (nSPS) is 11.3. The highest BCUT2D eigenvalue weighted by atomic mass is 35.5. The number of aliphatic hydroxyl groups is 1. The van der Waals surface area contributed by atoms with E-state index in [0.717, 1.165) is 5.56 Å². The molecule has 1 heterocycles. The van der Waals surface area contributed by atoms with Crippen molar-refractivity contribution in [1.29, 1.82) is 0 Å². The van der Waals surface area contributed by atoms with E-state index in [9.17, 15) is 9.90 Å². The zero-order valence-electron chi connectivity index (χ0n) is 11.7. The van der Waals surface area contributed by atoms with Crippen LogP contribution in [0.4, 0.5) is 10.5 Å². The minimum Gasteiger partial charge on any atom is -0.389 e. The molecule has 19 heavy (non-hydrogen) atoms. The van der Waals surface area contributed by atoms with Gasteiger partial charge in [0.2, 0.25) is 0 Å². The van der Waals surface area contributed by atoms with Crippen molar-refractivity contribution in [2.45, 2.75) is 33.3 Å². The third-order valence-electron chi connectivity index (χ3n) is 2.51. The van der Waals surface area contributed by atoms with Crippen LogP contribution in [0.1, 0.15) is 26.3 Å². The Hall–Kier alpha value is -1.33. The Balaban J connectivity index is 2.74. The van der Waals surface area contributed by atoms with Crippen LogP contribution in [0.2, 0.25) is 5.15 Å². The van der Waals surface area contributed by atoms with E-state index < -0.39 is 5.60 Å². The first-order chi connectivity index (χ1) is 8.73. The van der Waals surface area contributed by atoms with Crippen LogP contribution >= 0.6 is 11.6 Å². The Morgan fingerprint density at radius 3 is 2.68 bits per heavy atom. The molecule has 1 aromatic rings. The lowest BCUT2D eigenvalue weighted by Gasteiger charge is -2.28. The zero-order chi connectivity index (χ0) is 14.6. The van der Waals surface area contributed by atoms with Gasteiger partial charge in [0.25, 0.3) is 0 Å². The van der Waals surface area contributed by atoms with Crippen LogP contribution in [0.5, 0.6) is 0 Å². The van der Waals surface area contributed by atoms with Gasteiger partial charge in [0.1, 0.15) is 5.15 Å². The van der Waals surface area contributed by atoms with Crippen LogP contribution in [0.25, 0.3) is 0 Å². The molecule has 106 valence electrons. The van der Waals surface area contributed by atoms with Gasteiger partial charge in [-0.25, -0.2) is 9.78 Å². The highest BCUT2D eigenvalue weighted by Crippen LogP contribution is 2.16. The zero-order valence-corrected chi connectivity index (χ0v) is 12.5. The lowest BCUT2D eigenvalue weighted by Crippen LogP contribution is -2.44. The highest BCUT2D eigenvalue weighted by Gasteiger charge is 2.21. The molecule has 0 fully saturated rings. The molecular formula is C13H20ClN3O2. The number of nitrogens with zero attached hydrogens (tertiary/aromatic N) is 2. The summed E-state index contributed by atoms with van der Waals surface area (Å²) >= 11 is 5.83. The van der Waals surface area contributed by atoms with Gasteiger partial charge in [0, 0.05) is 6.54 Å². The highest BCUT2D eigenvalue weighted by molar-refractivity contribution is 6.30. The number of carbonyl (C=O) groups is 1. The smallest absolute Gasteiger partial charge is 0.321 e. The number of aromatic nitrogens is 1. The maximum Gasteiger partial charge on any atom is 0.321 e. The average Bonchev–Trinajstić information content (AvgIpc) is 2.29. The number of aryl methyl sites for hydroxylation is 1. The fourth-order valence-electron chi connectivity index (χ4n) is 1.62. The summed E-state index contributed by atoms with van der Waals surface area (Å²) in [6, 6.07) is 1.48. The van der Waals surface area contributed by atoms with Gasteiger partial charge in [-0.1, -0.05) is 11.6 Å². The number of nitrogens with one attached hydrogen (secondary N) is 1. The summed E-state index contributed by atoms with van der Waals surface area (Å²) < 4.78 is 0. The summed E-state index contributed by atoms with van der Waals surface area (Å²) in [5, 5.41) is 12.9. The number of amides is 2. The third kappa shape index (κ3) is 5.04. The standard InChI is InChI=1S/C13H20ClN3O2/c1-5-17(8-13(3,4)19)12(18)16-10-6-9(2)11(14)15-7-10/h6-7,19H,5,8H2,1-4H3,(H,16,18). The number of anilines is 1. The van der Waals surface area contributed by atoms with Crippen molar-refractivity contribution in [3.05, 3.63) is 23.0 Å². The largest absolute Gasteiger partial charge is 0.389 e. The predicted molar refractivity (Wildman–Crippen MR) is 76.5 cm³/mol. The lowest BCUT2D eigenvalue weighted by atomic mass is 10.1. The van der Waals surface area contributed by atoms with E-state index in [2.05, 4.69) is 10.3 Å². The SMILES string of the molecule is CCN(CC(C)(C)O)C(=O)Nc1cnc(Cl)c(C)c1. The number of rotatable bonds is 4. The first kappa shape index (κ1) is 15.7. The molecule has 0 radical (unpaired) electrons. The van der Waals surface area contributed by atoms with Gasteiger partial charge < -0.3 is 15.3 Å². The van der Waals surface area contributed by atoms with Crippen molar-refractivity contribution in [1.82, 2.24) is 9.88 Å². The van der Waals surface area contributed by atoms with Crippen molar-refractivity contribution in [2.75, 3.05) is 18.4 Å². The molecule has 6 heteroatoms. The van der Waals surface area contributed by atoms with E-state index >= 15 is 0 Å². The number of urea groups is 1. The molecule has 0 unspecified atom stereocenters. The molecule has 0 spiro atoms. The number of pyridine rings is 1. The van der Waals surface area contributed by atoms with E-state index in [-0.39, 0.29) is 12.6 Å². The van der Waals surface area contributed by atoms with E-state index in [4.69, 9.17) is 11.6 Å². The molecule has 0 aromatic carbocycles. The first-order valence-corrected chi connectivity index (χ1v) is 6.51. The number of hydrogen-bond acceptors (Lipinski definition) is 3. The molecule has 0 bridgehead atoms. The van der Waals surface area contributed by atoms with E-state index in [1.54, 1.807) is 19.9 Å². The monoisotopic (exact) mass is 285 g/mol. The minimum absolute atomic E-state index is 0.259. The van der Waals surface area contributed by atoms with Crippen LogP contribution in [0, 0.1) is 6.92 Å². The van der Waals surface area contributed by atoms with Gasteiger partial charge in [0.15, 0.2) is 0 Å². The molecular weight excluding hydrogens is 266 g/mol. The topological polar surface area (TPSA) is 65.5 Å². The van der Waals surface area contributed by atoms with Crippen LogP contribution in [-0.2, 0) is 0 Å². The summed E-state index contributed by atoms with van der Waals surface area (Å²) in [4.78, 5) is 17.6. The number of carbonyl (C=O) groups excluding carboxylic acids is 1. The molecule has 1 rings (SSSR count). The van der Waals surface area contributed by atoms with Crippen molar-refractivity contribution < 1.29 is 9.90 Å². The lowest BCUT2D eigenvalue weighted by molar-refractivity contribution is 0.0501. The van der Waals surface area contributed by atoms with Crippen LogP contribution in [0.15, 0.2) is 12.3 Å². The minimum atomic E-state index is -0.929. The van der Waals surface area contributed by atoms with Gasteiger partial charge in [0.05, 0.1) is 24.0 Å². The first-order valence-electron chi connectivity index (χ1n) is 6.13. The molecule has 0 aliphatic rings. The van der Waals surface area contributed by atoms with Crippen molar-refractivity contribution in [3.63, 3.8) is 0 Å². The van der Waals surface area contributed by atoms with Gasteiger partial charge in [-0.2, -0.15) is 0 Å². The fraction of sp³-hybridized carbons (Fsp3) is 0.538. The van der Waals surface area contributed by atoms with E-state index in [0.29, 0.717) is 17.4 Å². The second-order valence-corrected chi connectivity index (χ2v) is 5.45. The molecule has 0 atom stereocenters. The Bertz CT molecular complexity index is 458. The second kappa shape index (κ2) is 6.21. The van der Waals surface area contributed by atoms with Gasteiger partial charge in [-0.05, 0) is 39.3 Å². The fourth-order valence-corrected chi connectivity index (χ4v) is 1.73. The van der Waals surface area contributed by atoms with Gasteiger partial charge in [-0.15, -0.1) is 0 Å². The summed E-state index contributed by atoms with van der Waals surface area (Å²) in [6.07, 6.45) is 1.51. The van der Waals surface area contributed by atoms with E-state index in [1.165, 1.54) is 11.1 Å². The van der Waals surface area contributed by atoms with Crippen LogP contribution in [-0.4, -0.2) is 39.7 Å². The van der Waals surface area contributed by atoms with Crippen LogP contribution in [0.3, 0.4) is 0 Å².